The highest BCUT2D eigenvalue weighted by Gasteiger charge is 2.19. The van der Waals surface area contributed by atoms with Crippen LogP contribution < -0.4 is 0 Å². The topological polar surface area (TPSA) is 48.5 Å². The first-order chi connectivity index (χ1) is 30.7. The third-order valence-corrected chi connectivity index (χ3v) is 12.5. The third kappa shape index (κ3) is 5.25. The third-order valence-electron chi connectivity index (χ3n) is 12.5. The van der Waals surface area contributed by atoms with Crippen molar-refractivity contribution in [2.45, 2.75) is 0 Å². The molecule has 62 heavy (non-hydrogen) atoms. The molecule has 5 heteroatoms. The van der Waals surface area contributed by atoms with Gasteiger partial charge in [-0.15, -0.1) is 0 Å². The first-order valence-corrected chi connectivity index (χ1v) is 21.0. The lowest BCUT2D eigenvalue weighted by molar-refractivity contribution is 1.07. The minimum atomic E-state index is 0.619. The van der Waals surface area contributed by atoms with Gasteiger partial charge in [-0.1, -0.05) is 158 Å². The van der Waals surface area contributed by atoms with Gasteiger partial charge < -0.3 is 9.13 Å². The van der Waals surface area contributed by atoms with Crippen molar-refractivity contribution >= 4 is 75.9 Å². The summed E-state index contributed by atoms with van der Waals surface area (Å²) in [7, 11) is 0. The van der Waals surface area contributed by atoms with Crippen molar-refractivity contribution in [2.75, 3.05) is 0 Å². The fourth-order valence-corrected chi connectivity index (χ4v) is 9.76. The molecular formula is C57H35N5. The van der Waals surface area contributed by atoms with Gasteiger partial charge in [0, 0.05) is 49.6 Å². The largest absolute Gasteiger partial charge is 0.309 e. The molecule has 0 radical (unpaired) electrons. The summed E-state index contributed by atoms with van der Waals surface area (Å²) in [6.07, 6.45) is 0. The Bertz CT molecular complexity index is 3850. The molecule has 288 valence electrons. The Morgan fingerprint density at radius 1 is 0.226 bits per heavy atom. The van der Waals surface area contributed by atoms with E-state index in [1.165, 1.54) is 64.9 Å². The van der Waals surface area contributed by atoms with E-state index in [-0.39, 0.29) is 0 Å². The fraction of sp³-hybridized carbons (Fsp3) is 0. The predicted molar refractivity (Wildman–Crippen MR) is 257 cm³/mol. The number of para-hydroxylation sites is 3. The second kappa shape index (κ2) is 13.6. The van der Waals surface area contributed by atoms with Crippen LogP contribution in [0.2, 0.25) is 0 Å². The van der Waals surface area contributed by atoms with Gasteiger partial charge in [0.25, 0.3) is 0 Å². The van der Waals surface area contributed by atoms with E-state index in [9.17, 15) is 0 Å². The Morgan fingerprint density at radius 2 is 0.629 bits per heavy atom. The predicted octanol–water partition coefficient (Wildman–Crippen LogP) is 14.5. The van der Waals surface area contributed by atoms with Crippen LogP contribution in [-0.4, -0.2) is 24.1 Å². The number of benzene rings is 10. The van der Waals surface area contributed by atoms with Crippen LogP contribution in [0.25, 0.3) is 121 Å². The van der Waals surface area contributed by atoms with Crippen molar-refractivity contribution < 1.29 is 0 Å². The molecule has 0 spiro atoms. The van der Waals surface area contributed by atoms with Crippen molar-refractivity contribution in [1.29, 1.82) is 0 Å². The first kappa shape index (κ1) is 34.5. The summed E-state index contributed by atoms with van der Waals surface area (Å²) in [6, 6.07) is 75.7. The number of hydrogen-bond donors (Lipinski definition) is 0. The second-order valence-electron chi connectivity index (χ2n) is 16.0. The molecule has 0 N–H and O–H groups in total. The lowest BCUT2D eigenvalue weighted by atomic mass is 9.93. The molecule has 13 rings (SSSR count). The standard InChI is InChI=1S/C57H35N5/c1-2-15-36(16-3-1)55-58-56(60-57(59-55)38-29-31-45-43-21-5-4-19-41(43)42-20-6-7-22-44(42)49(45)34-38)37-17-14-18-39(33-37)61-53-28-13-10-25-48(53)50-35-40(30-32-54(50)61)62-51-26-11-8-23-46(51)47-24-9-12-27-52(47)62/h1-35H. The van der Waals surface area contributed by atoms with Crippen molar-refractivity contribution in [3.05, 3.63) is 212 Å². The SMILES string of the molecule is c1ccc(-c2nc(-c3cccc(-n4c5ccccc5c5cc(-n6c7ccccc7c7ccccc76)ccc54)c3)nc(-c3ccc4c5ccccc5c5ccccc5c4c3)n2)cc1. The Balaban J connectivity index is 0.984. The van der Waals surface area contributed by atoms with Gasteiger partial charge in [0.2, 0.25) is 0 Å². The van der Waals surface area contributed by atoms with Crippen molar-refractivity contribution in [3.8, 4) is 45.5 Å². The quantitative estimate of drug-likeness (QED) is 0.163. The van der Waals surface area contributed by atoms with Gasteiger partial charge in [-0.3, -0.25) is 0 Å². The minimum Gasteiger partial charge on any atom is -0.309 e. The summed E-state index contributed by atoms with van der Waals surface area (Å²) in [5, 5.41) is 12.2. The van der Waals surface area contributed by atoms with Crippen LogP contribution in [0, 0.1) is 0 Å². The van der Waals surface area contributed by atoms with E-state index in [0.717, 1.165) is 39.1 Å². The Kier molecular flexibility index (Phi) is 7.54. The van der Waals surface area contributed by atoms with Crippen molar-refractivity contribution in [1.82, 2.24) is 24.1 Å². The number of nitrogens with zero attached hydrogens (tertiary/aromatic N) is 5. The van der Waals surface area contributed by atoms with E-state index in [4.69, 9.17) is 15.0 Å². The number of aromatic nitrogens is 5. The normalized spacial score (nSPS) is 11.9. The highest BCUT2D eigenvalue weighted by molar-refractivity contribution is 6.25. The summed E-state index contributed by atoms with van der Waals surface area (Å²) >= 11 is 0. The highest BCUT2D eigenvalue weighted by Crippen LogP contribution is 2.39. The average molecular weight is 790 g/mol. The molecule has 0 fully saturated rings. The maximum atomic E-state index is 5.25. The van der Waals surface area contributed by atoms with Gasteiger partial charge in [0.1, 0.15) is 0 Å². The lowest BCUT2D eigenvalue weighted by Crippen LogP contribution is -2.01. The number of fused-ring (bicyclic) bond motifs is 12. The zero-order chi connectivity index (χ0) is 40.7. The lowest BCUT2D eigenvalue weighted by Gasteiger charge is -2.13. The van der Waals surface area contributed by atoms with Crippen LogP contribution in [0.5, 0.6) is 0 Å². The first-order valence-electron chi connectivity index (χ1n) is 21.0. The highest BCUT2D eigenvalue weighted by atomic mass is 15.0. The molecule has 0 amide bonds. The maximum absolute atomic E-state index is 5.25. The van der Waals surface area contributed by atoms with Gasteiger partial charge in [-0.05, 0) is 86.9 Å². The van der Waals surface area contributed by atoms with Gasteiger partial charge in [0.05, 0.1) is 22.1 Å². The zero-order valence-electron chi connectivity index (χ0n) is 33.4. The van der Waals surface area contributed by atoms with Crippen LogP contribution in [0.15, 0.2) is 212 Å². The molecule has 3 aromatic heterocycles. The van der Waals surface area contributed by atoms with Crippen LogP contribution >= 0.6 is 0 Å². The number of rotatable bonds is 5. The van der Waals surface area contributed by atoms with E-state index in [2.05, 4.69) is 203 Å². The summed E-state index contributed by atoms with van der Waals surface area (Å²) < 4.78 is 4.75. The minimum absolute atomic E-state index is 0.619. The number of hydrogen-bond acceptors (Lipinski definition) is 3. The van der Waals surface area contributed by atoms with Gasteiger partial charge in [-0.25, -0.2) is 15.0 Å². The molecular weight excluding hydrogens is 755 g/mol. The van der Waals surface area contributed by atoms with Crippen LogP contribution in [0.4, 0.5) is 0 Å². The molecule has 0 aliphatic rings. The molecule has 0 bridgehead atoms. The Hall–Kier alpha value is -8.41. The smallest absolute Gasteiger partial charge is 0.164 e. The van der Waals surface area contributed by atoms with E-state index in [1.54, 1.807) is 0 Å². The summed E-state index contributed by atoms with van der Waals surface area (Å²) in [6.45, 7) is 0. The Morgan fingerprint density at radius 3 is 1.21 bits per heavy atom. The molecule has 0 atom stereocenters. The van der Waals surface area contributed by atoms with Crippen LogP contribution in [-0.2, 0) is 0 Å². The summed E-state index contributed by atoms with van der Waals surface area (Å²) in [5.41, 5.74) is 9.61. The maximum Gasteiger partial charge on any atom is 0.164 e. The molecule has 0 aliphatic heterocycles. The second-order valence-corrected chi connectivity index (χ2v) is 16.0. The van der Waals surface area contributed by atoms with E-state index >= 15 is 0 Å². The van der Waals surface area contributed by atoms with Crippen molar-refractivity contribution in [3.63, 3.8) is 0 Å². The van der Waals surface area contributed by atoms with Crippen LogP contribution in [0.1, 0.15) is 0 Å². The zero-order valence-corrected chi connectivity index (χ0v) is 33.4. The van der Waals surface area contributed by atoms with E-state index in [0.29, 0.717) is 17.5 Å². The van der Waals surface area contributed by atoms with Gasteiger partial charge in [-0.2, -0.15) is 0 Å². The molecule has 0 aliphatic carbocycles. The van der Waals surface area contributed by atoms with Crippen molar-refractivity contribution in [2.24, 2.45) is 0 Å². The monoisotopic (exact) mass is 789 g/mol. The molecule has 10 aromatic carbocycles. The van der Waals surface area contributed by atoms with E-state index < -0.39 is 0 Å². The van der Waals surface area contributed by atoms with E-state index in [1.807, 2.05) is 18.2 Å². The molecule has 0 saturated carbocycles. The summed E-state index contributed by atoms with van der Waals surface area (Å²) in [4.78, 5) is 15.5. The molecule has 0 unspecified atom stereocenters. The van der Waals surface area contributed by atoms with Crippen LogP contribution in [0.3, 0.4) is 0 Å². The van der Waals surface area contributed by atoms with Gasteiger partial charge in [0.15, 0.2) is 17.5 Å². The molecule has 13 aromatic rings. The summed E-state index contributed by atoms with van der Waals surface area (Å²) in [5.74, 6) is 1.88. The van der Waals surface area contributed by atoms with Gasteiger partial charge >= 0.3 is 0 Å². The molecule has 5 nitrogen and oxygen atoms in total. The Labute approximate surface area is 356 Å². The fourth-order valence-electron chi connectivity index (χ4n) is 9.76. The molecule has 3 heterocycles. The average Bonchev–Trinajstić information content (AvgIpc) is 3.87. The molecule has 0 saturated heterocycles.